The lowest BCUT2D eigenvalue weighted by Gasteiger charge is -2.26. The molecule has 2 heterocycles. The van der Waals surface area contributed by atoms with E-state index in [9.17, 15) is 8.42 Å². The monoisotopic (exact) mass is 376 g/mol. The minimum atomic E-state index is -3.63. The van der Waals surface area contributed by atoms with Crippen LogP contribution in [0.3, 0.4) is 0 Å². The fourth-order valence-corrected chi connectivity index (χ4v) is 3.66. The van der Waals surface area contributed by atoms with Gasteiger partial charge in [-0.05, 0) is 31.2 Å². The topological polar surface area (TPSA) is 83.6 Å². The fraction of sp³-hybridized carbons (Fsp3) is 0.389. The van der Waals surface area contributed by atoms with Gasteiger partial charge in [-0.2, -0.15) is 0 Å². The van der Waals surface area contributed by atoms with Gasteiger partial charge in [-0.15, -0.1) is 0 Å². The van der Waals surface area contributed by atoms with Crippen molar-refractivity contribution in [3.8, 4) is 0 Å². The lowest BCUT2D eigenvalue weighted by atomic mass is 10.2. The first kappa shape index (κ1) is 18.6. The van der Waals surface area contributed by atoms with E-state index in [2.05, 4.69) is 19.9 Å². The molecule has 3 rings (SSSR count). The highest BCUT2D eigenvalue weighted by atomic mass is 32.2. The zero-order chi connectivity index (χ0) is 18.4. The largest absolute Gasteiger partial charge is 0.383 e. The molecule has 1 aromatic carbocycles. The van der Waals surface area contributed by atoms with Crippen molar-refractivity contribution in [2.45, 2.75) is 11.8 Å². The molecule has 140 valence electrons. The molecular formula is C18H24N4O3S. The Morgan fingerprint density at radius 1 is 1.12 bits per heavy atom. The number of aryl methyl sites for hydroxylation is 1. The third kappa shape index (κ3) is 5.17. The SMILES string of the molecule is Cc1ccc(S(=O)(=O)Nc2ccc(NCCN3CCOCC3)cn2)cc1. The van der Waals surface area contributed by atoms with Crippen LogP contribution in [0.4, 0.5) is 11.5 Å². The maximum atomic E-state index is 12.4. The van der Waals surface area contributed by atoms with Crippen molar-refractivity contribution in [3.05, 3.63) is 48.2 Å². The van der Waals surface area contributed by atoms with Gasteiger partial charge >= 0.3 is 0 Å². The molecular weight excluding hydrogens is 352 g/mol. The molecule has 0 atom stereocenters. The standard InChI is InChI=1S/C18H24N4O3S/c1-15-2-5-17(6-3-15)26(23,24)21-18-7-4-16(14-20-18)19-8-9-22-10-12-25-13-11-22/h2-7,14,19H,8-13H2,1H3,(H,20,21). The number of rotatable bonds is 7. The molecule has 7 nitrogen and oxygen atoms in total. The van der Waals surface area contributed by atoms with Crippen molar-refractivity contribution in [2.75, 3.05) is 49.4 Å². The van der Waals surface area contributed by atoms with E-state index in [-0.39, 0.29) is 4.90 Å². The Morgan fingerprint density at radius 3 is 2.50 bits per heavy atom. The van der Waals surface area contributed by atoms with Gasteiger partial charge in [0.05, 0.1) is 30.0 Å². The van der Waals surface area contributed by atoms with E-state index in [0.29, 0.717) is 5.82 Å². The van der Waals surface area contributed by atoms with Gasteiger partial charge < -0.3 is 10.1 Å². The number of nitrogens with zero attached hydrogens (tertiary/aromatic N) is 2. The van der Waals surface area contributed by atoms with Gasteiger partial charge in [-0.25, -0.2) is 13.4 Å². The number of aromatic nitrogens is 1. The first-order chi connectivity index (χ1) is 12.5. The zero-order valence-corrected chi connectivity index (χ0v) is 15.6. The molecule has 1 fully saturated rings. The third-order valence-corrected chi connectivity index (χ3v) is 5.57. The number of ether oxygens (including phenoxy) is 1. The Labute approximate surface area is 154 Å². The summed E-state index contributed by atoms with van der Waals surface area (Å²) in [6, 6.07) is 10.2. The van der Waals surface area contributed by atoms with Gasteiger partial charge in [0.2, 0.25) is 0 Å². The maximum Gasteiger partial charge on any atom is 0.263 e. The van der Waals surface area contributed by atoms with Crippen LogP contribution in [-0.2, 0) is 14.8 Å². The Balaban J connectivity index is 1.53. The van der Waals surface area contributed by atoms with Crippen molar-refractivity contribution in [2.24, 2.45) is 0 Å². The van der Waals surface area contributed by atoms with Crippen molar-refractivity contribution in [1.82, 2.24) is 9.88 Å². The highest BCUT2D eigenvalue weighted by Gasteiger charge is 2.14. The Hall–Kier alpha value is -2.16. The minimum absolute atomic E-state index is 0.220. The maximum absolute atomic E-state index is 12.4. The Bertz CT molecular complexity index is 801. The molecule has 1 saturated heterocycles. The van der Waals surface area contributed by atoms with Crippen molar-refractivity contribution < 1.29 is 13.2 Å². The third-order valence-electron chi connectivity index (χ3n) is 4.19. The van der Waals surface area contributed by atoms with Crippen molar-refractivity contribution in [1.29, 1.82) is 0 Å². The average Bonchev–Trinajstić information content (AvgIpc) is 2.64. The molecule has 1 aromatic heterocycles. The number of hydrogen-bond donors (Lipinski definition) is 2. The summed E-state index contributed by atoms with van der Waals surface area (Å²) in [7, 11) is -3.63. The molecule has 0 bridgehead atoms. The lowest BCUT2D eigenvalue weighted by Crippen LogP contribution is -2.39. The van der Waals surface area contributed by atoms with Crippen molar-refractivity contribution >= 4 is 21.5 Å². The van der Waals surface area contributed by atoms with E-state index in [1.54, 1.807) is 36.5 Å². The summed E-state index contributed by atoms with van der Waals surface area (Å²) < 4.78 is 32.6. The second-order valence-corrected chi connectivity index (χ2v) is 7.91. The normalized spacial score (nSPS) is 15.6. The van der Waals surface area contributed by atoms with Crippen LogP contribution in [0, 0.1) is 6.92 Å². The van der Waals surface area contributed by atoms with Crippen LogP contribution in [-0.4, -0.2) is 57.7 Å². The van der Waals surface area contributed by atoms with Crippen molar-refractivity contribution in [3.63, 3.8) is 0 Å². The molecule has 0 radical (unpaired) electrons. The van der Waals surface area contributed by atoms with Gasteiger partial charge in [-0.1, -0.05) is 17.7 Å². The first-order valence-electron chi connectivity index (χ1n) is 8.62. The molecule has 0 spiro atoms. The number of benzene rings is 1. The summed E-state index contributed by atoms with van der Waals surface area (Å²) in [5.74, 6) is 0.296. The molecule has 1 aliphatic heterocycles. The van der Waals surface area contributed by atoms with Crippen LogP contribution >= 0.6 is 0 Å². The summed E-state index contributed by atoms with van der Waals surface area (Å²) in [5.41, 5.74) is 1.87. The van der Waals surface area contributed by atoms with E-state index in [4.69, 9.17) is 4.74 Å². The summed E-state index contributed by atoms with van der Waals surface area (Å²) in [6.45, 7) is 7.14. The van der Waals surface area contributed by atoms with Crippen LogP contribution in [0.1, 0.15) is 5.56 Å². The highest BCUT2D eigenvalue weighted by Crippen LogP contribution is 2.16. The second kappa shape index (κ2) is 8.48. The molecule has 0 unspecified atom stereocenters. The van der Waals surface area contributed by atoms with Gasteiger partial charge in [0, 0.05) is 26.2 Å². The fourth-order valence-electron chi connectivity index (χ4n) is 2.66. The van der Waals surface area contributed by atoms with Gasteiger partial charge in [0.25, 0.3) is 10.0 Å². The number of sulfonamides is 1. The van der Waals surface area contributed by atoms with E-state index >= 15 is 0 Å². The molecule has 8 heteroatoms. The highest BCUT2D eigenvalue weighted by molar-refractivity contribution is 7.92. The number of hydrogen-bond acceptors (Lipinski definition) is 6. The smallest absolute Gasteiger partial charge is 0.263 e. The number of pyridine rings is 1. The molecule has 0 saturated carbocycles. The summed E-state index contributed by atoms with van der Waals surface area (Å²) in [6.07, 6.45) is 1.63. The van der Waals surface area contributed by atoms with E-state index in [1.165, 1.54) is 0 Å². The molecule has 2 N–H and O–H groups in total. The minimum Gasteiger partial charge on any atom is -0.383 e. The Kier molecular flexibility index (Phi) is 6.08. The van der Waals surface area contributed by atoms with E-state index in [1.807, 2.05) is 13.0 Å². The zero-order valence-electron chi connectivity index (χ0n) is 14.8. The molecule has 1 aliphatic rings. The Morgan fingerprint density at radius 2 is 1.85 bits per heavy atom. The van der Waals surface area contributed by atoms with Crippen LogP contribution < -0.4 is 10.0 Å². The number of nitrogens with one attached hydrogen (secondary N) is 2. The first-order valence-corrected chi connectivity index (χ1v) is 10.1. The number of morpholine rings is 1. The predicted octanol–water partition coefficient (Wildman–Crippen LogP) is 1.93. The van der Waals surface area contributed by atoms with Gasteiger partial charge in [0.15, 0.2) is 0 Å². The molecule has 0 amide bonds. The van der Waals surface area contributed by atoms with Crippen LogP contribution in [0.5, 0.6) is 0 Å². The number of anilines is 2. The lowest BCUT2D eigenvalue weighted by molar-refractivity contribution is 0.0398. The summed E-state index contributed by atoms with van der Waals surface area (Å²) in [5, 5.41) is 3.30. The summed E-state index contributed by atoms with van der Waals surface area (Å²) in [4.78, 5) is 6.75. The summed E-state index contributed by atoms with van der Waals surface area (Å²) >= 11 is 0. The van der Waals surface area contributed by atoms with Gasteiger partial charge in [-0.3, -0.25) is 9.62 Å². The van der Waals surface area contributed by atoms with Crippen LogP contribution in [0.2, 0.25) is 0 Å². The molecule has 26 heavy (non-hydrogen) atoms. The molecule has 2 aromatic rings. The van der Waals surface area contributed by atoms with Crippen LogP contribution in [0.15, 0.2) is 47.5 Å². The molecule has 0 aliphatic carbocycles. The van der Waals surface area contributed by atoms with Crippen LogP contribution in [0.25, 0.3) is 0 Å². The van der Waals surface area contributed by atoms with Gasteiger partial charge in [0.1, 0.15) is 5.82 Å². The van der Waals surface area contributed by atoms with E-state index in [0.717, 1.165) is 50.6 Å². The second-order valence-electron chi connectivity index (χ2n) is 6.23. The average molecular weight is 376 g/mol. The quantitative estimate of drug-likeness (QED) is 0.768. The van der Waals surface area contributed by atoms with E-state index < -0.39 is 10.0 Å². The predicted molar refractivity (Wildman–Crippen MR) is 102 cm³/mol.